The summed E-state index contributed by atoms with van der Waals surface area (Å²) < 4.78 is 11.2. The van der Waals surface area contributed by atoms with E-state index in [0.29, 0.717) is 31.2 Å². The molecule has 0 aliphatic carbocycles. The van der Waals surface area contributed by atoms with Crippen LogP contribution in [0.5, 0.6) is 5.75 Å². The highest BCUT2D eigenvalue weighted by Crippen LogP contribution is 2.38. The van der Waals surface area contributed by atoms with Crippen LogP contribution < -0.4 is 9.64 Å². The first-order valence-electron chi connectivity index (χ1n) is 15.3. The SMILES string of the molecule is COc1cccc(-c2cnc3[nH]ccc3c2N2CCN(C(=O)[C@H](CN(C(=O)OC(C)(C)C)C(C)C)c3ccc(Cl)cc3)CC2)c1. The molecule has 1 aliphatic rings. The first-order valence-corrected chi connectivity index (χ1v) is 15.7. The third-order valence-corrected chi connectivity index (χ3v) is 8.30. The van der Waals surface area contributed by atoms with Crippen LogP contribution in [0.15, 0.2) is 67.0 Å². The molecule has 10 heteroatoms. The van der Waals surface area contributed by atoms with Gasteiger partial charge in [-0.05, 0) is 76.1 Å². The summed E-state index contributed by atoms with van der Waals surface area (Å²) in [6.07, 6.45) is 3.36. The molecule has 9 nitrogen and oxygen atoms in total. The number of nitrogens with one attached hydrogen (secondary N) is 1. The highest BCUT2D eigenvalue weighted by atomic mass is 35.5. The number of nitrogens with zero attached hydrogens (tertiary/aromatic N) is 4. The van der Waals surface area contributed by atoms with Crippen molar-refractivity contribution in [1.29, 1.82) is 0 Å². The summed E-state index contributed by atoms with van der Waals surface area (Å²) >= 11 is 6.21. The Labute approximate surface area is 270 Å². The molecule has 1 atom stereocenters. The largest absolute Gasteiger partial charge is 0.497 e. The van der Waals surface area contributed by atoms with Gasteiger partial charge < -0.3 is 29.2 Å². The first-order chi connectivity index (χ1) is 21.4. The summed E-state index contributed by atoms with van der Waals surface area (Å²) in [5.74, 6) is 0.173. The van der Waals surface area contributed by atoms with Gasteiger partial charge in [0.25, 0.3) is 0 Å². The van der Waals surface area contributed by atoms with E-state index in [2.05, 4.69) is 20.9 Å². The van der Waals surface area contributed by atoms with E-state index in [-0.39, 0.29) is 18.5 Å². The van der Waals surface area contributed by atoms with Crippen LogP contribution in [0.25, 0.3) is 22.2 Å². The molecular weight excluding hydrogens is 590 g/mol. The molecule has 45 heavy (non-hydrogen) atoms. The number of aromatic nitrogens is 2. The lowest BCUT2D eigenvalue weighted by Crippen LogP contribution is -2.52. The van der Waals surface area contributed by atoms with Crippen molar-refractivity contribution in [2.45, 2.75) is 52.2 Å². The molecule has 5 rings (SSSR count). The van der Waals surface area contributed by atoms with Gasteiger partial charge in [-0.15, -0.1) is 0 Å². The van der Waals surface area contributed by atoms with Gasteiger partial charge in [-0.3, -0.25) is 4.79 Å². The number of hydrogen-bond donors (Lipinski definition) is 1. The van der Waals surface area contributed by atoms with E-state index in [1.54, 1.807) is 24.1 Å². The van der Waals surface area contributed by atoms with Gasteiger partial charge in [-0.1, -0.05) is 35.9 Å². The Morgan fingerprint density at radius 2 is 1.76 bits per heavy atom. The average molecular weight is 632 g/mol. The molecule has 3 heterocycles. The Morgan fingerprint density at radius 3 is 2.40 bits per heavy atom. The lowest BCUT2D eigenvalue weighted by molar-refractivity contribution is -0.133. The summed E-state index contributed by atoms with van der Waals surface area (Å²) in [6, 6.07) is 17.2. The molecule has 1 saturated heterocycles. The van der Waals surface area contributed by atoms with Crippen LogP contribution in [0.3, 0.4) is 0 Å². The lowest BCUT2D eigenvalue weighted by Gasteiger charge is -2.39. The summed E-state index contributed by atoms with van der Waals surface area (Å²) in [5.41, 5.74) is 4.06. The molecule has 0 bridgehead atoms. The molecule has 0 saturated carbocycles. The number of halogens is 1. The van der Waals surface area contributed by atoms with Crippen LogP contribution in [0.4, 0.5) is 10.5 Å². The Morgan fingerprint density at radius 1 is 1.04 bits per heavy atom. The van der Waals surface area contributed by atoms with Crippen molar-refractivity contribution < 1.29 is 19.1 Å². The van der Waals surface area contributed by atoms with E-state index < -0.39 is 17.6 Å². The number of anilines is 1. The van der Waals surface area contributed by atoms with Gasteiger partial charge >= 0.3 is 6.09 Å². The minimum atomic E-state index is -0.651. The molecule has 1 aliphatic heterocycles. The van der Waals surface area contributed by atoms with Gasteiger partial charge in [0.15, 0.2) is 0 Å². The normalized spacial score (nSPS) is 14.5. The summed E-state index contributed by atoms with van der Waals surface area (Å²) in [7, 11) is 1.66. The Bertz CT molecular complexity index is 1640. The van der Waals surface area contributed by atoms with Crippen molar-refractivity contribution in [2.75, 3.05) is 44.7 Å². The number of carbonyl (C=O) groups is 2. The number of piperazine rings is 1. The van der Waals surface area contributed by atoms with Crippen molar-refractivity contribution in [3.8, 4) is 16.9 Å². The van der Waals surface area contributed by atoms with Crippen LogP contribution >= 0.6 is 11.6 Å². The predicted octanol–water partition coefficient (Wildman–Crippen LogP) is 6.97. The van der Waals surface area contributed by atoms with Crippen molar-refractivity contribution in [2.24, 2.45) is 0 Å². The third-order valence-electron chi connectivity index (χ3n) is 8.05. The smallest absolute Gasteiger partial charge is 0.410 e. The van der Waals surface area contributed by atoms with Crippen molar-refractivity contribution in [3.05, 3.63) is 77.6 Å². The molecular formula is C35H42ClN5O4. The fraction of sp³-hybridized carbons (Fsp3) is 0.400. The summed E-state index contributed by atoms with van der Waals surface area (Å²) in [6.45, 7) is 11.9. The Kier molecular flexibility index (Phi) is 9.58. The summed E-state index contributed by atoms with van der Waals surface area (Å²) in [5, 5.41) is 1.62. The summed E-state index contributed by atoms with van der Waals surface area (Å²) in [4.78, 5) is 41.3. The number of benzene rings is 2. The molecule has 0 unspecified atom stereocenters. The molecule has 2 aromatic carbocycles. The predicted molar refractivity (Wildman–Crippen MR) is 179 cm³/mol. The second-order valence-electron chi connectivity index (χ2n) is 12.6. The van der Waals surface area contributed by atoms with Gasteiger partial charge in [0.1, 0.15) is 17.0 Å². The van der Waals surface area contributed by atoms with E-state index >= 15 is 0 Å². The maximum atomic E-state index is 14.3. The topological polar surface area (TPSA) is 91.0 Å². The number of pyridine rings is 1. The average Bonchev–Trinajstić information content (AvgIpc) is 3.49. The number of hydrogen-bond acceptors (Lipinski definition) is 6. The second kappa shape index (κ2) is 13.4. The number of methoxy groups -OCH3 is 1. The molecule has 238 valence electrons. The Balaban J connectivity index is 1.41. The highest BCUT2D eigenvalue weighted by Gasteiger charge is 2.34. The number of aromatic amines is 1. The molecule has 2 aromatic heterocycles. The quantitative estimate of drug-likeness (QED) is 0.226. The fourth-order valence-corrected chi connectivity index (χ4v) is 5.87. The van der Waals surface area contributed by atoms with Gasteiger partial charge in [0.05, 0.1) is 18.7 Å². The van der Waals surface area contributed by atoms with Gasteiger partial charge in [0, 0.05) is 67.1 Å². The fourth-order valence-electron chi connectivity index (χ4n) is 5.74. The van der Waals surface area contributed by atoms with Crippen molar-refractivity contribution >= 4 is 40.3 Å². The molecule has 0 spiro atoms. The van der Waals surface area contributed by atoms with Crippen LogP contribution in [-0.4, -0.2) is 83.2 Å². The molecule has 0 radical (unpaired) electrons. The number of amides is 2. The molecule has 1 fully saturated rings. The highest BCUT2D eigenvalue weighted by molar-refractivity contribution is 6.30. The minimum Gasteiger partial charge on any atom is -0.497 e. The maximum absolute atomic E-state index is 14.3. The van der Waals surface area contributed by atoms with Crippen LogP contribution in [0.2, 0.25) is 5.02 Å². The zero-order valence-electron chi connectivity index (χ0n) is 26.8. The lowest BCUT2D eigenvalue weighted by atomic mass is 9.95. The van der Waals surface area contributed by atoms with Gasteiger partial charge in [-0.2, -0.15) is 0 Å². The standard InChI is InChI=1S/C35H42ClN5O4/c1-23(2)41(34(43)45-35(3,4)5)22-30(24-10-12-26(36)13-11-24)33(42)40-18-16-39(17-19-40)31-28-14-15-37-32(28)38-21-29(31)25-8-7-9-27(20-25)44-6/h7-15,20-21,23,30H,16-19,22H2,1-6H3,(H,37,38)/t30-/m1/s1. The number of rotatable bonds is 8. The van der Waals surface area contributed by atoms with Crippen LogP contribution in [0, 0.1) is 0 Å². The zero-order chi connectivity index (χ0) is 32.3. The first kappa shape index (κ1) is 32.2. The van der Waals surface area contributed by atoms with Crippen LogP contribution in [-0.2, 0) is 9.53 Å². The van der Waals surface area contributed by atoms with Crippen LogP contribution in [0.1, 0.15) is 46.1 Å². The van der Waals surface area contributed by atoms with Gasteiger partial charge in [0.2, 0.25) is 5.91 Å². The van der Waals surface area contributed by atoms with E-state index in [9.17, 15) is 9.59 Å². The van der Waals surface area contributed by atoms with E-state index in [1.165, 1.54) is 0 Å². The van der Waals surface area contributed by atoms with E-state index in [1.807, 2.05) is 88.3 Å². The molecule has 4 aromatic rings. The number of H-pyrrole nitrogens is 1. The molecule has 1 N–H and O–H groups in total. The molecule has 2 amide bonds. The number of ether oxygens (including phenoxy) is 2. The minimum absolute atomic E-state index is 0.0271. The van der Waals surface area contributed by atoms with E-state index in [4.69, 9.17) is 21.1 Å². The van der Waals surface area contributed by atoms with Crippen molar-refractivity contribution in [3.63, 3.8) is 0 Å². The van der Waals surface area contributed by atoms with Crippen molar-refractivity contribution in [1.82, 2.24) is 19.8 Å². The zero-order valence-corrected chi connectivity index (χ0v) is 27.6. The number of carbonyl (C=O) groups excluding carboxylic acids is 2. The third kappa shape index (κ3) is 7.36. The second-order valence-corrected chi connectivity index (χ2v) is 13.1. The van der Waals surface area contributed by atoms with Gasteiger partial charge in [-0.25, -0.2) is 9.78 Å². The Hall–Kier alpha value is -4.24. The monoisotopic (exact) mass is 631 g/mol. The maximum Gasteiger partial charge on any atom is 0.410 e. The number of fused-ring (bicyclic) bond motifs is 1. The van der Waals surface area contributed by atoms with E-state index in [0.717, 1.165) is 39.2 Å².